The molecule has 1 unspecified atom stereocenters. The van der Waals surface area contributed by atoms with Gasteiger partial charge in [0.1, 0.15) is 5.75 Å². The second kappa shape index (κ2) is 8.52. The molecule has 0 aliphatic carbocycles. The second-order valence-corrected chi connectivity index (χ2v) is 7.93. The Morgan fingerprint density at radius 2 is 1.88 bits per heavy atom. The molecule has 1 aromatic rings. The second-order valence-electron chi connectivity index (χ2n) is 6.78. The lowest BCUT2D eigenvalue weighted by atomic mass is 9.95. The maximum atomic E-state index is 12.2. The normalized spacial score (nSPS) is 22.3. The summed E-state index contributed by atoms with van der Waals surface area (Å²) in [7, 11) is 0. The third-order valence-electron chi connectivity index (χ3n) is 4.97. The Bertz CT molecular complexity index is 595. The third-order valence-corrected chi connectivity index (χ3v) is 6.12. The molecule has 1 atom stereocenters. The van der Waals surface area contributed by atoms with Crippen LogP contribution in [0.5, 0.6) is 5.75 Å². The zero-order chi connectivity index (χ0) is 18.6. The van der Waals surface area contributed by atoms with Crippen molar-refractivity contribution in [2.45, 2.75) is 31.7 Å². The lowest BCUT2D eigenvalue weighted by Gasteiger charge is -2.35. The molecule has 3 rings (SSSR count). The van der Waals surface area contributed by atoms with Gasteiger partial charge in [-0.3, -0.25) is 9.69 Å². The van der Waals surface area contributed by atoms with E-state index >= 15 is 0 Å². The van der Waals surface area contributed by atoms with Crippen molar-refractivity contribution in [3.8, 4) is 5.75 Å². The Labute approximate surface area is 155 Å². The van der Waals surface area contributed by atoms with Gasteiger partial charge in [0.2, 0.25) is 0 Å². The number of likely N-dealkylation sites (tertiary alicyclic amines) is 1. The standard InChI is InChI=1S/C18H23F3N2O2S/c19-18(20,21)25-16-3-1-14(2-4-16)17(24)22-11-13-5-8-23(9-6-13)15-7-10-26-12-15/h1-4,13,15H,5-12H2,(H,22,24). The molecular formula is C18H23F3N2O2S. The first-order chi connectivity index (χ1) is 12.4. The molecular weight excluding hydrogens is 365 g/mol. The van der Waals surface area contributed by atoms with Crippen molar-refractivity contribution in [1.29, 1.82) is 0 Å². The van der Waals surface area contributed by atoms with Gasteiger partial charge in [0.05, 0.1) is 0 Å². The number of piperidine rings is 1. The summed E-state index contributed by atoms with van der Waals surface area (Å²) in [6.07, 6.45) is -1.31. The van der Waals surface area contributed by atoms with Crippen molar-refractivity contribution in [2.75, 3.05) is 31.1 Å². The van der Waals surface area contributed by atoms with E-state index in [9.17, 15) is 18.0 Å². The van der Waals surface area contributed by atoms with Crippen molar-refractivity contribution >= 4 is 17.7 Å². The van der Waals surface area contributed by atoms with E-state index in [-0.39, 0.29) is 11.7 Å². The number of ether oxygens (including phenoxy) is 1. The molecule has 1 amide bonds. The van der Waals surface area contributed by atoms with Crippen LogP contribution in [0.4, 0.5) is 13.2 Å². The summed E-state index contributed by atoms with van der Waals surface area (Å²) >= 11 is 2.02. The van der Waals surface area contributed by atoms with Crippen LogP contribution in [0, 0.1) is 5.92 Å². The van der Waals surface area contributed by atoms with Crippen molar-refractivity contribution in [1.82, 2.24) is 10.2 Å². The van der Waals surface area contributed by atoms with Gasteiger partial charge in [-0.1, -0.05) is 0 Å². The van der Waals surface area contributed by atoms with Crippen LogP contribution in [0.15, 0.2) is 24.3 Å². The van der Waals surface area contributed by atoms with Gasteiger partial charge in [-0.25, -0.2) is 0 Å². The number of carbonyl (C=O) groups excluding carboxylic acids is 1. The summed E-state index contributed by atoms with van der Waals surface area (Å²) in [4.78, 5) is 14.7. The van der Waals surface area contributed by atoms with E-state index in [2.05, 4.69) is 15.0 Å². The minimum atomic E-state index is -4.73. The minimum absolute atomic E-state index is 0.266. The van der Waals surface area contributed by atoms with Crippen LogP contribution in [0.1, 0.15) is 29.6 Å². The number of hydrogen-bond acceptors (Lipinski definition) is 4. The highest BCUT2D eigenvalue weighted by Crippen LogP contribution is 2.27. The fourth-order valence-corrected chi connectivity index (χ4v) is 4.73. The molecule has 26 heavy (non-hydrogen) atoms. The van der Waals surface area contributed by atoms with Gasteiger partial charge in [0.15, 0.2) is 0 Å². The van der Waals surface area contributed by atoms with Gasteiger partial charge in [0.25, 0.3) is 5.91 Å². The lowest BCUT2D eigenvalue weighted by molar-refractivity contribution is -0.274. The van der Waals surface area contributed by atoms with Gasteiger partial charge >= 0.3 is 6.36 Å². The zero-order valence-electron chi connectivity index (χ0n) is 14.4. The SMILES string of the molecule is O=C(NCC1CCN(C2CCSC2)CC1)c1ccc(OC(F)(F)F)cc1. The van der Waals surface area contributed by atoms with Crippen molar-refractivity contribution in [2.24, 2.45) is 5.92 Å². The summed E-state index contributed by atoms with van der Waals surface area (Å²) in [5.41, 5.74) is 0.333. The quantitative estimate of drug-likeness (QED) is 0.838. The molecule has 2 fully saturated rings. The van der Waals surface area contributed by atoms with Crippen molar-refractivity contribution in [3.05, 3.63) is 29.8 Å². The van der Waals surface area contributed by atoms with Crippen molar-refractivity contribution < 1.29 is 22.7 Å². The largest absolute Gasteiger partial charge is 0.573 e. The van der Waals surface area contributed by atoms with E-state index < -0.39 is 6.36 Å². The van der Waals surface area contributed by atoms with Crippen LogP contribution in [0.3, 0.4) is 0 Å². The van der Waals surface area contributed by atoms with Gasteiger partial charge < -0.3 is 10.1 Å². The number of hydrogen-bond donors (Lipinski definition) is 1. The molecule has 2 heterocycles. The van der Waals surface area contributed by atoms with Gasteiger partial charge in [-0.2, -0.15) is 11.8 Å². The molecule has 0 spiro atoms. The van der Waals surface area contributed by atoms with E-state index in [0.29, 0.717) is 24.1 Å². The molecule has 1 aromatic carbocycles. The first-order valence-electron chi connectivity index (χ1n) is 8.86. The summed E-state index contributed by atoms with van der Waals surface area (Å²) in [5, 5.41) is 2.90. The predicted octanol–water partition coefficient (Wildman–Crippen LogP) is 3.53. The van der Waals surface area contributed by atoms with Crippen LogP contribution in [-0.2, 0) is 0 Å². The molecule has 1 N–H and O–H groups in total. The molecule has 0 saturated carbocycles. The first-order valence-corrected chi connectivity index (χ1v) is 10.0. The number of carbonyl (C=O) groups is 1. The summed E-state index contributed by atoms with van der Waals surface area (Å²) in [5.74, 6) is 2.35. The Kier molecular flexibility index (Phi) is 6.34. The number of amides is 1. The third kappa shape index (κ3) is 5.54. The minimum Gasteiger partial charge on any atom is -0.406 e. The number of nitrogens with one attached hydrogen (secondary N) is 1. The highest BCUT2D eigenvalue weighted by atomic mass is 32.2. The molecule has 4 nitrogen and oxygen atoms in total. The van der Waals surface area contributed by atoms with E-state index in [1.54, 1.807) is 0 Å². The molecule has 2 aliphatic rings. The fraction of sp³-hybridized carbons (Fsp3) is 0.611. The van der Waals surface area contributed by atoms with E-state index in [1.807, 2.05) is 11.8 Å². The smallest absolute Gasteiger partial charge is 0.406 e. The summed E-state index contributed by atoms with van der Waals surface area (Å²) in [6, 6.07) is 5.71. The molecule has 2 aliphatic heterocycles. The zero-order valence-corrected chi connectivity index (χ0v) is 15.2. The molecule has 0 radical (unpaired) electrons. The highest BCUT2D eigenvalue weighted by Gasteiger charge is 2.31. The van der Waals surface area contributed by atoms with Crippen LogP contribution in [0.2, 0.25) is 0 Å². The van der Waals surface area contributed by atoms with Gasteiger partial charge in [-0.15, -0.1) is 13.2 Å². The van der Waals surface area contributed by atoms with E-state index in [4.69, 9.17) is 0 Å². The van der Waals surface area contributed by atoms with Gasteiger partial charge in [-0.05, 0) is 68.3 Å². The maximum Gasteiger partial charge on any atom is 0.573 e. The van der Waals surface area contributed by atoms with E-state index in [0.717, 1.165) is 38.1 Å². The van der Waals surface area contributed by atoms with E-state index in [1.165, 1.54) is 30.1 Å². The maximum absolute atomic E-state index is 12.2. The Morgan fingerprint density at radius 3 is 2.46 bits per heavy atom. The lowest BCUT2D eigenvalue weighted by Crippen LogP contribution is -2.43. The summed E-state index contributed by atoms with van der Waals surface area (Å²) in [6.45, 7) is 2.76. The molecule has 0 bridgehead atoms. The average molecular weight is 388 g/mol. The Balaban J connectivity index is 1.41. The Hall–Kier alpha value is -1.41. The molecule has 8 heteroatoms. The highest BCUT2D eigenvalue weighted by molar-refractivity contribution is 7.99. The first kappa shape index (κ1) is 19.4. The average Bonchev–Trinajstić information content (AvgIpc) is 3.14. The van der Waals surface area contributed by atoms with Crippen LogP contribution in [0.25, 0.3) is 0 Å². The Morgan fingerprint density at radius 1 is 1.19 bits per heavy atom. The molecule has 0 aromatic heterocycles. The summed E-state index contributed by atoms with van der Waals surface area (Å²) < 4.78 is 40.2. The number of thioether (sulfide) groups is 1. The predicted molar refractivity (Wildman–Crippen MR) is 95.5 cm³/mol. The monoisotopic (exact) mass is 388 g/mol. The number of benzene rings is 1. The molecule has 2 saturated heterocycles. The fourth-order valence-electron chi connectivity index (χ4n) is 3.48. The van der Waals surface area contributed by atoms with Gasteiger partial charge in [0, 0.05) is 23.9 Å². The number of rotatable bonds is 5. The van der Waals surface area contributed by atoms with Crippen LogP contribution in [-0.4, -0.2) is 54.4 Å². The van der Waals surface area contributed by atoms with Crippen LogP contribution >= 0.6 is 11.8 Å². The van der Waals surface area contributed by atoms with Crippen molar-refractivity contribution in [3.63, 3.8) is 0 Å². The number of alkyl halides is 3. The number of halogens is 3. The molecule has 144 valence electrons. The van der Waals surface area contributed by atoms with Crippen LogP contribution < -0.4 is 10.1 Å². The number of nitrogens with zero attached hydrogens (tertiary/aromatic N) is 1. The topological polar surface area (TPSA) is 41.6 Å².